The number of rotatable bonds is 5. The highest BCUT2D eigenvalue weighted by Gasteiger charge is 2.34. The molecule has 0 aromatic heterocycles. The lowest BCUT2D eigenvalue weighted by Gasteiger charge is -2.26. The number of likely N-dealkylation sites (tertiary alicyclic amines) is 1. The number of hydrogen-bond acceptors (Lipinski definition) is 4. The average Bonchev–Trinajstić information content (AvgIpc) is 3.16. The Morgan fingerprint density at radius 3 is 2.52 bits per heavy atom. The molecule has 2 unspecified atom stereocenters. The summed E-state index contributed by atoms with van der Waals surface area (Å²) in [5, 5.41) is 3.09. The first-order chi connectivity index (χ1) is 11.0. The Hall–Kier alpha value is -1.40. The van der Waals surface area contributed by atoms with E-state index in [1.807, 2.05) is 30.3 Å². The van der Waals surface area contributed by atoms with E-state index >= 15 is 0 Å². The maximum atomic E-state index is 12.5. The highest BCUT2D eigenvalue weighted by molar-refractivity contribution is 7.91. The quantitative estimate of drug-likeness (QED) is 0.882. The molecule has 1 aromatic carbocycles. The third-order valence-electron chi connectivity index (χ3n) is 4.76. The molecule has 0 spiro atoms. The lowest BCUT2D eigenvalue weighted by molar-refractivity contribution is -0.125. The van der Waals surface area contributed by atoms with Crippen LogP contribution < -0.4 is 5.32 Å². The number of carbonyl (C=O) groups excluding carboxylic acids is 1. The molecule has 5 nitrogen and oxygen atoms in total. The Balaban J connectivity index is 1.69. The summed E-state index contributed by atoms with van der Waals surface area (Å²) in [6.07, 6.45) is 2.85. The van der Waals surface area contributed by atoms with Crippen LogP contribution in [0.5, 0.6) is 0 Å². The second-order valence-electron chi connectivity index (χ2n) is 6.58. The van der Waals surface area contributed by atoms with Gasteiger partial charge in [-0.25, -0.2) is 8.42 Å². The van der Waals surface area contributed by atoms with Crippen molar-refractivity contribution >= 4 is 15.7 Å². The van der Waals surface area contributed by atoms with Gasteiger partial charge in [-0.15, -0.1) is 0 Å². The average molecular weight is 336 g/mol. The number of nitrogens with one attached hydrogen (secondary N) is 1. The van der Waals surface area contributed by atoms with E-state index in [1.54, 1.807) is 0 Å². The molecule has 2 heterocycles. The molecule has 2 aliphatic heterocycles. The van der Waals surface area contributed by atoms with Crippen LogP contribution in [-0.4, -0.2) is 50.4 Å². The first-order valence-corrected chi connectivity index (χ1v) is 10.1. The molecule has 0 saturated carbocycles. The Kier molecular flexibility index (Phi) is 5.02. The van der Waals surface area contributed by atoms with Crippen molar-refractivity contribution < 1.29 is 13.2 Å². The van der Waals surface area contributed by atoms with E-state index in [1.165, 1.54) is 12.8 Å². The van der Waals surface area contributed by atoms with E-state index in [2.05, 4.69) is 10.2 Å². The number of hydrogen-bond donors (Lipinski definition) is 1. The summed E-state index contributed by atoms with van der Waals surface area (Å²) in [5.41, 5.74) is 1.08. The third kappa shape index (κ3) is 4.32. The van der Waals surface area contributed by atoms with Crippen molar-refractivity contribution in [2.24, 2.45) is 5.92 Å². The monoisotopic (exact) mass is 336 g/mol. The van der Waals surface area contributed by atoms with Gasteiger partial charge in [0.15, 0.2) is 9.84 Å². The molecule has 2 atom stereocenters. The smallest absolute Gasteiger partial charge is 0.224 e. The van der Waals surface area contributed by atoms with E-state index in [4.69, 9.17) is 0 Å². The minimum absolute atomic E-state index is 0.00986. The number of sulfone groups is 1. The van der Waals surface area contributed by atoms with E-state index in [9.17, 15) is 13.2 Å². The molecule has 2 fully saturated rings. The highest BCUT2D eigenvalue weighted by Crippen LogP contribution is 2.22. The van der Waals surface area contributed by atoms with Crippen LogP contribution in [0, 0.1) is 5.92 Å². The number of amides is 1. The molecule has 2 saturated heterocycles. The zero-order valence-corrected chi connectivity index (χ0v) is 14.1. The van der Waals surface area contributed by atoms with Crippen LogP contribution in [0.3, 0.4) is 0 Å². The van der Waals surface area contributed by atoms with Gasteiger partial charge in [0, 0.05) is 6.54 Å². The standard InChI is InChI=1S/C17H24N2O3S/c20-17(15-8-11-23(21,22)13-15)18-16(12-19-9-4-5-10-19)14-6-2-1-3-7-14/h1-3,6-7,15-16H,4-5,8-13H2,(H,18,20). The normalized spacial score (nSPS) is 25.3. The lowest BCUT2D eigenvalue weighted by atomic mass is 10.0. The number of carbonyl (C=O) groups is 1. The Labute approximate surface area is 138 Å². The third-order valence-corrected chi connectivity index (χ3v) is 6.53. The van der Waals surface area contributed by atoms with Crippen molar-refractivity contribution in [3.05, 3.63) is 35.9 Å². The maximum absolute atomic E-state index is 12.5. The Bertz CT molecular complexity index is 639. The van der Waals surface area contributed by atoms with Crippen LogP contribution >= 0.6 is 0 Å². The van der Waals surface area contributed by atoms with Gasteiger partial charge in [-0.1, -0.05) is 30.3 Å². The van der Waals surface area contributed by atoms with Crippen LogP contribution in [0.25, 0.3) is 0 Å². The van der Waals surface area contributed by atoms with Gasteiger partial charge >= 0.3 is 0 Å². The van der Waals surface area contributed by atoms with E-state index in [0.717, 1.165) is 25.2 Å². The fourth-order valence-corrected chi connectivity index (χ4v) is 5.18. The topological polar surface area (TPSA) is 66.5 Å². The van der Waals surface area contributed by atoms with Crippen molar-refractivity contribution in [2.45, 2.75) is 25.3 Å². The summed E-state index contributed by atoms with van der Waals surface area (Å²) in [4.78, 5) is 14.9. The van der Waals surface area contributed by atoms with Crippen molar-refractivity contribution in [2.75, 3.05) is 31.1 Å². The van der Waals surface area contributed by atoms with Gasteiger partial charge in [0.05, 0.1) is 23.5 Å². The van der Waals surface area contributed by atoms with Gasteiger partial charge in [0.25, 0.3) is 0 Å². The summed E-state index contributed by atoms with van der Waals surface area (Å²) in [6.45, 7) is 2.92. The SMILES string of the molecule is O=C(NC(CN1CCCC1)c1ccccc1)C1CCS(=O)(=O)C1. The molecule has 0 aliphatic carbocycles. The predicted molar refractivity (Wildman–Crippen MR) is 89.8 cm³/mol. The van der Waals surface area contributed by atoms with Gasteiger partial charge in [-0.2, -0.15) is 0 Å². The fraction of sp³-hybridized carbons (Fsp3) is 0.588. The Morgan fingerprint density at radius 2 is 1.91 bits per heavy atom. The molecule has 1 amide bonds. The maximum Gasteiger partial charge on any atom is 0.224 e. The van der Waals surface area contributed by atoms with Crippen LogP contribution in [0.15, 0.2) is 30.3 Å². The summed E-state index contributed by atoms with van der Waals surface area (Å²) in [6, 6.07) is 9.86. The molecule has 23 heavy (non-hydrogen) atoms. The zero-order chi connectivity index (χ0) is 16.3. The van der Waals surface area contributed by atoms with Crippen molar-refractivity contribution in [1.29, 1.82) is 0 Å². The first-order valence-electron chi connectivity index (χ1n) is 8.31. The second-order valence-corrected chi connectivity index (χ2v) is 8.81. The molecule has 0 radical (unpaired) electrons. The van der Waals surface area contributed by atoms with Gasteiger partial charge in [-0.05, 0) is 37.9 Å². The van der Waals surface area contributed by atoms with E-state index in [-0.39, 0.29) is 23.5 Å². The summed E-state index contributed by atoms with van der Waals surface area (Å²) >= 11 is 0. The molecular formula is C17H24N2O3S. The van der Waals surface area contributed by atoms with E-state index in [0.29, 0.717) is 6.42 Å². The molecule has 3 rings (SSSR count). The molecule has 2 aliphatic rings. The highest BCUT2D eigenvalue weighted by atomic mass is 32.2. The van der Waals surface area contributed by atoms with Gasteiger partial charge in [-0.3, -0.25) is 4.79 Å². The van der Waals surface area contributed by atoms with E-state index < -0.39 is 15.8 Å². The Morgan fingerprint density at radius 1 is 1.22 bits per heavy atom. The van der Waals surface area contributed by atoms with Crippen LogP contribution in [0.2, 0.25) is 0 Å². The summed E-state index contributed by atoms with van der Waals surface area (Å²) in [5.74, 6) is -0.402. The number of nitrogens with zero attached hydrogens (tertiary/aromatic N) is 1. The molecule has 1 aromatic rings. The molecule has 0 bridgehead atoms. The minimum atomic E-state index is -3.03. The molecular weight excluding hydrogens is 312 g/mol. The van der Waals surface area contributed by atoms with Crippen LogP contribution in [0.1, 0.15) is 30.9 Å². The summed E-state index contributed by atoms with van der Waals surface area (Å²) < 4.78 is 23.2. The largest absolute Gasteiger partial charge is 0.348 e. The second kappa shape index (κ2) is 7.01. The van der Waals surface area contributed by atoms with Crippen molar-refractivity contribution in [3.63, 3.8) is 0 Å². The predicted octanol–water partition coefficient (Wildman–Crippen LogP) is 1.37. The minimum Gasteiger partial charge on any atom is -0.348 e. The zero-order valence-electron chi connectivity index (χ0n) is 13.3. The van der Waals surface area contributed by atoms with Crippen LogP contribution in [0.4, 0.5) is 0 Å². The first kappa shape index (κ1) is 16.5. The van der Waals surface area contributed by atoms with Gasteiger partial charge in [0.2, 0.25) is 5.91 Å². The number of benzene rings is 1. The molecule has 126 valence electrons. The van der Waals surface area contributed by atoms with Gasteiger partial charge in [0.1, 0.15) is 0 Å². The van der Waals surface area contributed by atoms with Gasteiger partial charge < -0.3 is 10.2 Å². The summed E-state index contributed by atoms with van der Waals surface area (Å²) in [7, 11) is -3.03. The van der Waals surface area contributed by atoms with Crippen molar-refractivity contribution in [3.8, 4) is 0 Å². The lowest BCUT2D eigenvalue weighted by Crippen LogP contribution is -2.40. The van der Waals surface area contributed by atoms with Crippen LogP contribution in [-0.2, 0) is 14.6 Å². The fourth-order valence-electron chi connectivity index (χ4n) is 3.43. The van der Waals surface area contributed by atoms with Crippen molar-refractivity contribution in [1.82, 2.24) is 10.2 Å². The molecule has 6 heteroatoms. The molecule has 1 N–H and O–H groups in total.